The lowest BCUT2D eigenvalue weighted by molar-refractivity contribution is 0.673. The predicted octanol–water partition coefficient (Wildman–Crippen LogP) is 13.0. The van der Waals surface area contributed by atoms with Crippen LogP contribution in [0.3, 0.4) is 0 Å². The van der Waals surface area contributed by atoms with Gasteiger partial charge in [0.1, 0.15) is 11.2 Å². The fourth-order valence-electron chi connectivity index (χ4n) is 7.53. The van der Waals surface area contributed by atoms with E-state index >= 15 is 0 Å². The first-order valence-corrected chi connectivity index (χ1v) is 16.7. The van der Waals surface area contributed by atoms with Gasteiger partial charge >= 0.3 is 0 Å². The topological polar surface area (TPSA) is 21.3 Å². The largest absolute Gasteiger partial charge is 0.455 e. The van der Waals surface area contributed by atoms with Crippen LogP contribution in [0, 0.1) is 0 Å². The van der Waals surface area contributed by atoms with E-state index in [1.54, 1.807) is 0 Å². The Kier molecular flexibility index (Phi) is 6.18. The van der Waals surface area contributed by atoms with Gasteiger partial charge in [-0.05, 0) is 77.2 Å². The highest BCUT2D eigenvalue weighted by Gasteiger charge is 2.22. The number of rotatable bonds is 5. The maximum Gasteiger partial charge on any atom is 0.143 e. The summed E-state index contributed by atoms with van der Waals surface area (Å²) < 4.78 is 9.07. The van der Waals surface area contributed by atoms with Gasteiger partial charge in [-0.2, -0.15) is 0 Å². The summed E-state index contributed by atoms with van der Waals surface area (Å²) in [5.41, 5.74) is 10.9. The van der Waals surface area contributed by atoms with Crippen LogP contribution in [0.2, 0.25) is 0 Å². The van der Waals surface area contributed by atoms with Crippen molar-refractivity contribution < 1.29 is 4.42 Å². The van der Waals surface area contributed by atoms with E-state index in [-0.39, 0.29) is 0 Å². The predicted molar refractivity (Wildman–Crippen MR) is 206 cm³/mol. The summed E-state index contributed by atoms with van der Waals surface area (Å²) in [7, 11) is 0. The van der Waals surface area contributed by atoms with Crippen LogP contribution < -0.4 is 4.90 Å². The zero-order valence-electron chi connectivity index (χ0n) is 26.6. The number of aromatic nitrogens is 1. The Morgan fingerprint density at radius 2 is 1.08 bits per heavy atom. The van der Waals surface area contributed by atoms with Crippen molar-refractivity contribution in [1.82, 2.24) is 4.57 Å². The number of para-hydroxylation sites is 2. The number of hydrogen-bond donors (Lipinski definition) is 0. The second kappa shape index (κ2) is 11.0. The molecule has 0 bridgehead atoms. The number of anilines is 3. The Balaban J connectivity index is 1.24. The molecular formula is C46H30N2O. The lowest BCUT2D eigenvalue weighted by Gasteiger charge is -2.26. The highest BCUT2D eigenvalue weighted by atomic mass is 16.3. The number of fused-ring (bicyclic) bond motifs is 8. The lowest BCUT2D eigenvalue weighted by Crippen LogP contribution is -2.10. The SMILES string of the molecule is c1ccc(-c2ccc(N(c3ccc4c(c3)oc3c5ccccc5ccc43)c3cccc4c3c3ccccc3n4-c3ccccc3)cc2)cc1. The van der Waals surface area contributed by atoms with Gasteiger partial charge in [0, 0.05) is 50.1 Å². The van der Waals surface area contributed by atoms with Crippen molar-refractivity contribution in [3.63, 3.8) is 0 Å². The molecule has 0 atom stereocenters. The first-order valence-electron chi connectivity index (χ1n) is 16.7. The minimum absolute atomic E-state index is 0.869. The quantitative estimate of drug-likeness (QED) is 0.190. The van der Waals surface area contributed by atoms with Crippen LogP contribution in [0.15, 0.2) is 186 Å². The number of nitrogens with zero attached hydrogens (tertiary/aromatic N) is 2. The molecule has 0 radical (unpaired) electrons. The number of benzene rings is 8. The van der Waals surface area contributed by atoms with Gasteiger partial charge in [0.25, 0.3) is 0 Å². The molecule has 0 unspecified atom stereocenters. The van der Waals surface area contributed by atoms with Gasteiger partial charge < -0.3 is 13.9 Å². The molecule has 0 aliphatic rings. The molecule has 2 heterocycles. The summed E-state index contributed by atoms with van der Waals surface area (Å²) in [6.07, 6.45) is 0. The number of hydrogen-bond acceptors (Lipinski definition) is 2. The smallest absolute Gasteiger partial charge is 0.143 e. The van der Waals surface area contributed by atoms with Crippen molar-refractivity contribution in [2.45, 2.75) is 0 Å². The van der Waals surface area contributed by atoms with Crippen LogP contribution in [-0.4, -0.2) is 4.57 Å². The molecule has 10 aromatic rings. The molecule has 0 spiro atoms. The van der Waals surface area contributed by atoms with Crippen molar-refractivity contribution in [1.29, 1.82) is 0 Å². The first kappa shape index (κ1) is 27.5. The van der Waals surface area contributed by atoms with Gasteiger partial charge in [-0.3, -0.25) is 0 Å². The van der Waals surface area contributed by atoms with E-state index in [0.29, 0.717) is 0 Å². The van der Waals surface area contributed by atoms with Crippen molar-refractivity contribution in [3.05, 3.63) is 182 Å². The molecule has 0 aliphatic heterocycles. The van der Waals surface area contributed by atoms with E-state index in [9.17, 15) is 0 Å². The Morgan fingerprint density at radius 1 is 0.429 bits per heavy atom. The molecule has 3 nitrogen and oxygen atoms in total. The van der Waals surface area contributed by atoms with Gasteiger partial charge in [-0.25, -0.2) is 0 Å². The molecule has 10 rings (SSSR count). The van der Waals surface area contributed by atoms with Gasteiger partial charge in [0.2, 0.25) is 0 Å². The third-order valence-electron chi connectivity index (χ3n) is 9.77. The number of furan rings is 1. The molecule has 0 saturated heterocycles. The van der Waals surface area contributed by atoms with Crippen LogP contribution >= 0.6 is 0 Å². The van der Waals surface area contributed by atoms with E-state index in [1.807, 2.05) is 0 Å². The van der Waals surface area contributed by atoms with Gasteiger partial charge in [0.05, 0.1) is 16.7 Å². The fraction of sp³-hybridized carbons (Fsp3) is 0. The monoisotopic (exact) mass is 626 g/mol. The van der Waals surface area contributed by atoms with E-state index in [0.717, 1.165) is 55.6 Å². The molecule has 0 aliphatic carbocycles. The minimum Gasteiger partial charge on any atom is -0.455 e. The third kappa shape index (κ3) is 4.37. The molecule has 8 aromatic carbocycles. The molecule has 0 saturated carbocycles. The average molecular weight is 627 g/mol. The molecule has 2 aromatic heterocycles. The summed E-state index contributed by atoms with van der Waals surface area (Å²) >= 11 is 0. The van der Waals surface area contributed by atoms with Crippen LogP contribution in [0.5, 0.6) is 0 Å². The van der Waals surface area contributed by atoms with Crippen LogP contribution in [0.1, 0.15) is 0 Å². The second-order valence-corrected chi connectivity index (χ2v) is 12.6. The van der Waals surface area contributed by atoms with Crippen LogP contribution in [0.4, 0.5) is 17.1 Å². The molecule has 0 fully saturated rings. The Labute approximate surface area is 283 Å². The fourth-order valence-corrected chi connectivity index (χ4v) is 7.53. The zero-order valence-corrected chi connectivity index (χ0v) is 26.6. The summed E-state index contributed by atoms with van der Waals surface area (Å²) in [5, 5.41) is 6.96. The molecule has 0 N–H and O–H groups in total. The zero-order chi connectivity index (χ0) is 32.3. The minimum atomic E-state index is 0.869. The maximum atomic E-state index is 6.69. The van der Waals surface area contributed by atoms with Crippen molar-refractivity contribution in [2.75, 3.05) is 4.90 Å². The normalized spacial score (nSPS) is 11.7. The average Bonchev–Trinajstić information content (AvgIpc) is 3.72. The van der Waals surface area contributed by atoms with Crippen LogP contribution in [0.25, 0.3) is 71.3 Å². The highest BCUT2D eigenvalue weighted by molar-refractivity contribution is 6.18. The summed E-state index contributed by atoms with van der Waals surface area (Å²) in [4.78, 5) is 2.38. The third-order valence-corrected chi connectivity index (χ3v) is 9.77. The van der Waals surface area contributed by atoms with Crippen molar-refractivity contribution in [3.8, 4) is 16.8 Å². The summed E-state index contributed by atoms with van der Waals surface area (Å²) in [5.74, 6) is 0. The van der Waals surface area contributed by atoms with Crippen LogP contribution in [-0.2, 0) is 0 Å². The van der Waals surface area contributed by atoms with Crippen molar-refractivity contribution >= 4 is 71.6 Å². The summed E-state index contributed by atoms with van der Waals surface area (Å²) in [6.45, 7) is 0. The molecule has 49 heavy (non-hydrogen) atoms. The standard InChI is InChI=1S/C46H30N2O/c1-3-12-31(13-4-1)32-22-25-35(26-23-32)47(36-27-29-38-39-28-24-33-14-7-8-17-37(33)46(39)49-44(38)30-36)42-20-11-21-43-45(42)40-18-9-10-19-41(40)48(43)34-15-5-2-6-16-34/h1-30H. The van der Waals surface area contributed by atoms with Gasteiger partial charge in [0.15, 0.2) is 0 Å². The Morgan fingerprint density at radius 3 is 1.92 bits per heavy atom. The second-order valence-electron chi connectivity index (χ2n) is 12.6. The van der Waals surface area contributed by atoms with E-state index in [2.05, 4.69) is 191 Å². The van der Waals surface area contributed by atoms with E-state index < -0.39 is 0 Å². The van der Waals surface area contributed by atoms with Gasteiger partial charge in [-0.1, -0.05) is 115 Å². The highest BCUT2D eigenvalue weighted by Crippen LogP contribution is 2.45. The maximum absolute atomic E-state index is 6.69. The van der Waals surface area contributed by atoms with E-state index in [4.69, 9.17) is 4.42 Å². The summed E-state index contributed by atoms with van der Waals surface area (Å²) in [6, 6.07) is 64.9. The van der Waals surface area contributed by atoms with Crippen molar-refractivity contribution in [2.24, 2.45) is 0 Å². The molecule has 230 valence electrons. The Hall–Kier alpha value is -6.58. The molecular weight excluding hydrogens is 597 g/mol. The first-order chi connectivity index (χ1) is 24.3. The lowest BCUT2D eigenvalue weighted by atomic mass is 10.0. The van der Waals surface area contributed by atoms with Gasteiger partial charge in [-0.15, -0.1) is 0 Å². The molecule has 3 heteroatoms. The van der Waals surface area contributed by atoms with E-state index in [1.165, 1.54) is 32.8 Å². The molecule has 0 amide bonds. The Bertz CT molecular complexity index is 2810.